The van der Waals surface area contributed by atoms with Crippen LogP contribution in [0.3, 0.4) is 0 Å². The number of halogens is 1. The minimum absolute atomic E-state index is 0.100. The highest BCUT2D eigenvalue weighted by molar-refractivity contribution is 9.10. The number of hydrogen-bond donors (Lipinski definition) is 1. The van der Waals surface area contributed by atoms with Crippen molar-refractivity contribution in [3.63, 3.8) is 0 Å². The van der Waals surface area contributed by atoms with E-state index in [9.17, 15) is 0 Å². The van der Waals surface area contributed by atoms with Gasteiger partial charge in [0.25, 0.3) is 0 Å². The molecule has 4 heteroatoms. The monoisotopic (exact) mass is 301 g/mol. The summed E-state index contributed by atoms with van der Waals surface area (Å²) in [5.74, 6) is 1.94. The van der Waals surface area contributed by atoms with E-state index >= 15 is 0 Å². The van der Waals surface area contributed by atoms with Crippen LogP contribution >= 0.6 is 27.7 Å². The van der Waals surface area contributed by atoms with E-state index in [2.05, 4.69) is 22.9 Å². The zero-order chi connectivity index (χ0) is 11.7. The van der Waals surface area contributed by atoms with Crippen LogP contribution in [-0.4, -0.2) is 12.4 Å². The lowest BCUT2D eigenvalue weighted by Crippen LogP contribution is -2.28. The summed E-state index contributed by atoms with van der Waals surface area (Å²) >= 11 is 5.52. The van der Waals surface area contributed by atoms with Crippen molar-refractivity contribution in [1.29, 1.82) is 0 Å². The quantitative estimate of drug-likeness (QED) is 0.908. The zero-order valence-electron chi connectivity index (χ0n) is 9.50. The predicted molar refractivity (Wildman–Crippen MR) is 73.0 cm³/mol. The number of hydrogen-bond acceptors (Lipinski definition) is 3. The molecule has 2 rings (SSSR count). The molecule has 2 unspecified atom stereocenters. The second-order valence-electron chi connectivity index (χ2n) is 3.93. The fourth-order valence-corrected chi connectivity index (χ4v) is 4.06. The second kappa shape index (κ2) is 4.98. The van der Waals surface area contributed by atoms with E-state index < -0.39 is 0 Å². The van der Waals surface area contributed by atoms with Gasteiger partial charge in [-0.25, -0.2) is 0 Å². The van der Waals surface area contributed by atoms with Gasteiger partial charge in [0.05, 0.1) is 7.11 Å². The molecule has 2 N–H and O–H groups in total. The largest absolute Gasteiger partial charge is 0.496 e. The lowest BCUT2D eigenvalue weighted by molar-refractivity contribution is 0.409. The van der Waals surface area contributed by atoms with Gasteiger partial charge in [-0.1, -0.05) is 22.9 Å². The molecule has 0 aliphatic carbocycles. The summed E-state index contributed by atoms with van der Waals surface area (Å²) in [7, 11) is 1.71. The Hall–Kier alpha value is -0.190. The normalized spacial score (nSPS) is 24.0. The van der Waals surface area contributed by atoms with Crippen LogP contribution in [0.2, 0.25) is 0 Å². The summed E-state index contributed by atoms with van der Waals surface area (Å²) in [6, 6.07) is 4.13. The Morgan fingerprint density at radius 1 is 1.56 bits per heavy atom. The summed E-state index contributed by atoms with van der Waals surface area (Å²) in [6.45, 7) is 2.19. The van der Waals surface area contributed by atoms with Crippen LogP contribution in [0.1, 0.15) is 30.5 Å². The van der Waals surface area contributed by atoms with Crippen LogP contribution in [0.25, 0.3) is 0 Å². The van der Waals surface area contributed by atoms with Crippen LogP contribution in [0.4, 0.5) is 0 Å². The van der Waals surface area contributed by atoms with Gasteiger partial charge in [0, 0.05) is 27.1 Å². The van der Waals surface area contributed by atoms with Crippen LogP contribution in [0.15, 0.2) is 16.6 Å². The first-order chi connectivity index (χ1) is 7.69. The number of nitrogens with two attached hydrogens (primary N) is 1. The van der Waals surface area contributed by atoms with E-state index in [-0.39, 0.29) is 6.04 Å². The first kappa shape index (κ1) is 12.3. The van der Waals surface area contributed by atoms with Crippen LogP contribution < -0.4 is 10.5 Å². The highest BCUT2D eigenvalue weighted by Crippen LogP contribution is 2.44. The number of thioether (sulfide) groups is 1. The van der Waals surface area contributed by atoms with E-state index in [4.69, 9.17) is 10.5 Å². The number of methoxy groups -OCH3 is 1. The fraction of sp³-hybridized carbons (Fsp3) is 0.500. The Bertz CT molecular complexity index is 397. The van der Waals surface area contributed by atoms with Crippen molar-refractivity contribution in [3.8, 4) is 5.75 Å². The molecule has 1 aromatic carbocycles. The second-order valence-corrected chi connectivity index (χ2v) is 6.01. The number of rotatable bonds is 2. The molecule has 1 aromatic rings. The smallest absolute Gasteiger partial charge is 0.123 e. The van der Waals surface area contributed by atoms with E-state index in [1.54, 1.807) is 7.11 Å². The number of ether oxygens (including phenoxy) is 1. The summed E-state index contributed by atoms with van der Waals surface area (Å²) in [5, 5.41) is 0.510. The Morgan fingerprint density at radius 3 is 2.94 bits per heavy atom. The predicted octanol–water partition coefficient (Wildman–Crippen LogP) is 3.48. The molecular weight excluding hydrogens is 286 g/mol. The molecule has 1 heterocycles. The third-order valence-corrected chi connectivity index (χ3v) is 5.26. The Labute approximate surface area is 109 Å². The van der Waals surface area contributed by atoms with Crippen molar-refractivity contribution in [2.24, 2.45) is 5.73 Å². The van der Waals surface area contributed by atoms with Crippen LogP contribution in [0.5, 0.6) is 5.75 Å². The number of benzene rings is 1. The SMILES string of the molecule is CCC1SCc2c(OC)ccc(Br)c2C1N. The van der Waals surface area contributed by atoms with Gasteiger partial charge in [-0.05, 0) is 24.1 Å². The van der Waals surface area contributed by atoms with Gasteiger partial charge in [0.1, 0.15) is 5.75 Å². The maximum Gasteiger partial charge on any atom is 0.123 e. The molecule has 0 fully saturated rings. The Morgan fingerprint density at radius 2 is 2.31 bits per heavy atom. The van der Waals surface area contributed by atoms with Crippen LogP contribution in [0, 0.1) is 0 Å². The van der Waals surface area contributed by atoms with Gasteiger partial charge in [0.2, 0.25) is 0 Å². The van der Waals surface area contributed by atoms with Gasteiger partial charge in [-0.15, -0.1) is 0 Å². The van der Waals surface area contributed by atoms with Gasteiger partial charge in [-0.3, -0.25) is 0 Å². The molecule has 0 saturated carbocycles. The average Bonchev–Trinajstić information content (AvgIpc) is 2.30. The molecule has 2 atom stereocenters. The third-order valence-electron chi connectivity index (χ3n) is 3.06. The van der Waals surface area contributed by atoms with E-state index in [0.29, 0.717) is 5.25 Å². The maximum absolute atomic E-state index is 6.32. The van der Waals surface area contributed by atoms with Crippen LogP contribution in [-0.2, 0) is 5.75 Å². The Balaban J connectivity index is 2.50. The van der Waals surface area contributed by atoms with Crippen molar-refractivity contribution in [1.82, 2.24) is 0 Å². The lowest BCUT2D eigenvalue weighted by atomic mass is 9.96. The highest BCUT2D eigenvalue weighted by atomic mass is 79.9. The van der Waals surface area contributed by atoms with Gasteiger partial charge in [0.15, 0.2) is 0 Å². The van der Waals surface area contributed by atoms with E-state index in [0.717, 1.165) is 22.4 Å². The molecule has 0 radical (unpaired) electrons. The fourth-order valence-electron chi connectivity index (χ4n) is 2.17. The molecule has 2 nitrogen and oxygen atoms in total. The first-order valence-corrected chi connectivity index (χ1v) is 7.25. The van der Waals surface area contributed by atoms with Crippen molar-refractivity contribution < 1.29 is 4.74 Å². The summed E-state index contributed by atoms with van der Waals surface area (Å²) in [6.07, 6.45) is 1.11. The topological polar surface area (TPSA) is 35.2 Å². The van der Waals surface area contributed by atoms with Gasteiger partial charge < -0.3 is 10.5 Å². The van der Waals surface area contributed by atoms with Crippen molar-refractivity contribution in [2.75, 3.05) is 7.11 Å². The molecule has 0 amide bonds. The molecule has 1 aliphatic rings. The molecule has 0 saturated heterocycles. The molecule has 16 heavy (non-hydrogen) atoms. The summed E-state index contributed by atoms with van der Waals surface area (Å²) in [4.78, 5) is 0. The lowest BCUT2D eigenvalue weighted by Gasteiger charge is -2.31. The standard InChI is InChI=1S/C12H16BrNOS/c1-3-10-12(14)11-7(6-16-10)9(15-2)5-4-8(11)13/h4-5,10,12H,3,6,14H2,1-2H3. The number of fused-ring (bicyclic) bond motifs is 1. The molecule has 88 valence electrons. The minimum Gasteiger partial charge on any atom is -0.496 e. The molecular formula is C12H16BrNOS. The molecule has 0 aromatic heterocycles. The summed E-state index contributed by atoms with van der Waals surface area (Å²) in [5.41, 5.74) is 8.80. The van der Waals surface area contributed by atoms with Crippen molar-refractivity contribution in [3.05, 3.63) is 27.7 Å². The summed E-state index contributed by atoms with van der Waals surface area (Å²) < 4.78 is 6.50. The van der Waals surface area contributed by atoms with Crippen molar-refractivity contribution >= 4 is 27.7 Å². The zero-order valence-corrected chi connectivity index (χ0v) is 11.9. The van der Waals surface area contributed by atoms with Gasteiger partial charge in [-0.2, -0.15) is 11.8 Å². The van der Waals surface area contributed by atoms with Crippen molar-refractivity contribution in [2.45, 2.75) is 30.4 Å². The highest BCUT2D eigenvalue weighted by Gasteiger charge is 2.29. The third kappa shape index (κ3) is 1.98. The van der Waals surface area contributed by atoms with Gasteiger partial charge >= 0.3 is 0 Å². The van der Waals surface area contributed by atoms with E-state index in [1.165, 1.54) is 11.1 Å². The Kier molecular flexibility index (Phi) is 3.82. The molecule has 1 aliphatic heterocycles. The minimum atomic E-state index is 0.100. The average molecular weight is 302 g/mol. The molecule has 0 spiro atoms. The maximum atomic E-state index is 6.32. The first-order valence-electron chi connectivity index (χ1n) is 5.41. The van der Waals surface area contributed by atoms with E-state index in [1.807, 2.05) is 23.9 Å². The molecule has 0 bridgehead atoms.